The Morgan fingerprint density at radius 3 is 2.44 bits per heavy atom. The number of carbonyl (C=O) groups is 1. The predicted octanol–water partition coefficient (Wildman–Crippen LogP) is 4.45. The fraction of sp³-hybridized carbons (Fsp3) is 0.808. The van der Waals surface area contributed by atoms with E-state index < -0.39 is 13.0 Å². The van der Waals surface area contributed by atoms with Gasteiger partial charge in [-0.3, -0.25) is 9.53 Å². The molecule has 2 fully saturated rings. The van der Waals surface area contributed by atoms with E-state index in [1.807, 2.05) is 26.8 Å². The van der Waals surface area contributed by atoms with Crippen molar-refractivity contribution in [2.75, 3.05) is 44.2 Å². The lowest BCUT2D eigenvalue weighted by molar-refractivity contribution is -0.324. The summed E-state index contributed by atoms with van der Waals surface area (Å²) in [5.74, 6) is 2.20. The molecule has 1 aliphatic carbocycles. The van der Waals surface area contributed by atoms with Crippen LogP contribution in [-0.4, -0.2) is 72.5 Å². The summed E-state index contributed by atoms with van der Waals surface area (Å²) in [5, 5.41) is 3.05. The molecule has 10 heteroatoms. The number of alkyl halides is 3. The second kappa shape index (κ2) is 12.5. The number of anilines is 1. The molecule has 0 atom stereocenters. The van der Waals surface area contributed by atoms with E-state index in [2.05, 4.69) is 24.8 Å². The van der Waals surface area contributed by atoms with E-state index in [-0.39, 0.29) is 17.7 Å². The molecule has 1 aromatic rings. The highest BCUT2D eigenvalue weighted by atomic mass is 19.4. The zero-order valence-corrected chi connectivity index (χ0v) is 22.2. The molecule has 0 aromatic carbocycles. The molecule has 1 saturated carbocycles. The van der Waals surface area contributed by atoms with Crippen molar-refractivity contribution in [3.63, 3.8) is 0 Å². The molecular weight excluding hydrogens is 471 g/mol. The number of rotatable bonds is 8. The number of hydrogen-bond acceptors (Lipinski definition) is 6. The molecule has 2 aliphatic rings. The van der Waals surface area contributed by atoms with E-state index in [0.29, 0.717) is 23.5 Å². The lowest BCUT2D eigenvalue weighted by Crippen LogP contribution is -2.37. The standard InChI is InChI=1S/C26H42F3N5O2/c1-19(35)30-21-8-6-20(7-9-21)10-14-33-12-5-13-34(16-15-33)23-18-22(11-17-36-26(27,28)29)31-24(32-23)25(2,3)4/h18,20-21H,5-17H2,1-4H3,(H,30,35). The van der Waals surface area contributed by atoms with Crippen LogP contribution in [0.1, 0.15) is 77.7 Å². The van der Waals surface area contributed by atoms with Gasteiger partial charge < -0.3 is 15.1 Å². The number of halogens is 3. The smallest absolute Gasteiger partial charge is 0.355 e. The minimum absolute atomic E-state index is 0.0626. The topological polar surface area (TPSA) is 70.6 Å². The van der Waals surface area contributed by atoms with Gasteiger partial charge in [0.15, 0.2) is 0 Å². The van der Waals surface area contributed by atoms with Gasteiger partial charge in [0.2, 0.25) is 5.91 Å². The van der Waals surface area contributed by atoms with Crippen molar-refractivity contribution in [1.82, 2.24) is 20.2 Å². The summed E-state index contributed by atoms with van der Waals surface area (Å²) in [5.41, 5.74) is 0.261. The lowest BCUT2D eigenvalue weighted by atomic mass is 9.84. The second-order valence-electron chi connectivity index (χ2n) is 11.2. The molecular formula is C26H42F3N5O2. The van der Waals surface area contributed by atoms with Gasteiger partial charge in [-0.05, 0) is 57.5 Å². The normalized spacial score (nSPS) is 22.4. The van der Waals surface area contributed by atoms with Crippen molar-refractivity contribution in [3.8, 4) is 0 Å². The van der Waals surface area contributed by atoms with Crippen LogP contribution in [0.5, 0.6) is 0 Å². The fourth-order valence-corrected chi connectivity index (χ4v) is 5.05. The SMILES string of the molecule is CC(=O)NC1CCC(CCN2CCCN(c3cc(CCOC(F)(F)F)nc(C(C)(C)C)n3)CC2)CC1. The molecule has 0 bridgehead atoms. The Bertz CT molecular complexity index is 851. The Balaban J connectivity index is 1.55. The van der Waals surface area contributed by atoms with E-state index in [0.717, 1.165) is 57.8 Å². The number of amides is 1. The van der Waals surface area contributed by atoms with Crippen LogP contribution in [0.3, 0.4) is 0 Å². The van der Waals surface area contributed by atoms with E-state index in [1.54, 1.807) is 6.92 Å². The van der Waals surface area contributed by atoms with Crippen LogP contribution in [0.25, 0.3) is 0 Å². The van der Waals surface area contributed by atoms with Crippen LogP contribution in [0, 0.1) is 5.92 Å². The third-order valence-corrected chi connectivity index (χ3v) is 7.08. The number of hydrogen-bond donors (Lipinski definition) is 1. The van der Waals surface area contributed by atoms with E-state index in [4.69, 9.17) is 4.98 Å². The van der Waals surface area contributed by atoms with Crippen molar-refractivity contribution < 1.29 is 22.7 Å². The van der Waals surface area contributed by atoms with Gasteiger partial charge in [0, 0.05) is 56.2 Å². The summed E-state index contributed by atoms with van der Waals surface area (Å²) in [4.78, 5) is 25.4. The van der Waals surface area contributed by atoms with Gasteiger partial charge in [0.25, 0.3) is 0 Å². The Kier molecular flexibility index (Phi) is 9.97. The lowest BCUT2D eigenvalue weighted by Gasteiger charge is -2.30. The highest BCUT2D eigenvalue weighted by molar-refractivity contribution is 5.73. The van der Waals surface area contributed by atoms with Crippen LogP contribution in [0.2, 0.25) is 0 Å². The second-order valence-corrected chi connectivity index (χ2v) is 11.2. The average Bonchev–Trinajstić information content (AvgIpc) is 3.02. The first kappa shape index (κ1) is 28.6. The van der Waals surface area contributed by atoms with Gasteiger partial charge >= 0.3 is 6.36 Å². The fourth-order valence-electron chi connectivity index (χ4n) is 5.05. The zero-order valence-electron chi connectivity index (χ0n) is 22.2. The molecule has 0 spiro atoms. The number of ether oxygens (including phenoxy) is 1. The first-order valence-electron chi connectivity index (χ1n) is 13.2. The van der Waals surface area contributed by atoms with E-state index in [1.165, 1.54) is 19.3 Å². The van der Waals surface area contributed by atoms with Crippen molar-refractivity contribution >= 4 is 11.7 Å². The number of nitrogens with one attached hydrogen (secondary N) is 1. The molecule has 1 amide bonds. The highest BCUT2D eigenvalue weighted by Gasteiger charge is 2.29. The molecule has 204 valence electrons. The molecule has 1 aromatic heterocycles. The molecule has 2 heterocycles. The first-order chi connectivity index (χ1) is 16.9. The minimum Gasteiger partial charge on any atom is -0.355 e. The van der Waals surface area contributed by atoms with E-state index >= 15 is 0 Å². The number of nitrogens with zero attached hydrogens (tertiary/aromatic N) is 4. The van der Waals surface area contributed by atoms with Crippen LogP contribution in [-0.2, 0) is 21.4 Å². The van der Waals surface area contributed by atoms with Crippen LogP contribution >= 0.6 is 0 Å². The molecule has 7 nitrogen and oxygen atoms in total. The van der Waals surface area contributed by atoms with Gasteiger partial charge in [-0.15, -0.1) is 13.2 Å². The van der Waals surface area contributed by atoms with Crippen molar-refractivity contribution in [3.05, 3.63) is 17.6 Å². The molecule has 1 saturated heterocycles. The van der Waals surface area contributed by atoms with Crippen LogP contribution in [0.4, 0.5) is 19.0 Å². The molecule has 1 N–H and O–H groups in total. The van der Waals surface area contributed by atoms with Crippen LogP contribution in [0.15, 0.2) is 6.07 Å². The highest BCUT2D eigenvalue weighted by Crippen LogP contribution is 2.28. The Morgan fingerprint density at radius 1 is 1.08 bits per heavy atom. The Hall–Kier alpha value is -1.94. The molecule has 1 aliphatic heterocycles. The number of carbonyl (C=O) groups excluding carboxylic acids is 1. The van der Waals surface area contributed by atoms with Gasteiger partial charge in [0.05, 0.1) is 6.61 Å². The minimum atomic E-state index is -4.64. The largest absolute Gasteiger partial charge is 0.522 e. The summed E-state index contributed by atoms with van der Waals surface area (Å²) >= 11 is 0. The summed E-state index contributed by atoms with van der Waals surface area (Å²) < 4.78 is 41.3. The molecule has 0 unspecified atom stereocenters. The van der Waals surface area contributed by atoms with Crippen molar-refractivity contribution in [1.29, 1.82) is 0 Å². The monoisotopic (exact) mass is 513 g/mol. The Morgan fingerprint density at radius 2 is 1.81 bits per heavy atom. The zero-order chi connectivity index (χ0) is 26.3. The van der Waals surface area contributed by atoms with Gasteiger partial charge in [-0.2, -0.15) is 0 Å². The molecule has 0 radical (unpaired) electrons. The molecule has 36 heavy (non-hydrogen) atoms. The third-order valence-electron chi connectivity index (χ3n) is 7.08. The van der Waals surface area contributed by atoms with Gasteiger partial charge in [-0.25, -0.2) is 9.97 Å². The average molecular weight is 514 g/mol. The summed E-state index contributed by atoms with van der Waals surface area (Å²) in [6.07, 6.45) is 2.11. The van der Waals surface area contributed by atoms with Crippen molar-refractivity contribution in [2.24, 2.45) is 5.92 Å². The molecule has 3 rings (SSSR count). The van der Waals surface area contributed by atoms with Crippen molar-refractivity contribution in [2.45, 2.75) is 90.5 Å². The quantitative estimate of drug-likeness (QED) is 0.554. The first-order valence-corrected chi connectivity index (χ1v) is 13.2. The summed E-state index contributed by atoms with van der Waals surface area (Å²) in [7, 11) is 0. The maximum Gasteiger partial charge on any atom is 0.522 e. The predicted molar refractivity (Wildman–Crippen MR) is 134 cm³/mol. The summed E-state index contributed by atoms with van der Waals surface area (Å²) in [6, 6.07) is 2.15. The third kappa shape index (κ3) is 9.50. The maximum atomic E-state index is 12.4. The maximum absolute atomic E-state index is 12.4. The Labute approximate surface area is 213 Å². The van der Waals surface area contributed by atoms with Gasteiger partial charge in [0.1, 0.15) is 11.6 Å². The van der Waals surface area contributed by atoms with Crippen LogP contribution < -0.4 is 10.2 Å². The van der Waals surface area contributed by atoms with E-state index in [9.17, 15) is 18.0 Å². The number of aromatic nitrogens is 2. The van der Waals surface area contributed by atoms with Gasteiger partial charge in [-0.1, -0.05) is 20.8 Å². The summed E-state index contributed by atoms with van der Waals surface area (Å²) in [6.45, 7) is 11.9.